The fraction of sp³-hybridized carbons (Fsp3) is 0.462. The molecule has 1 aromatic carbocycles. The number of benzene rings is 1. The number of primary amides is 1. The number of amides is 1. The number of hydrogen-bond acceptors (Lipinski definition) is 3. The number of carbonyl (C=O) groups excluding carboxylic acids is 1. The molecule has 0 aliphatic heterocycles. The number of carbonyl (C=O) groups is 1. The largest absolute Gasteiger partial charge is 0.492 e. The minimum absolute atomic E-state index is 0.317. The molecular weight excluding hydrogens is 216 g/mol. The Hall–Kier alpha value is -1.55. The molecule has 1 rings (SSSR count). The summed E-state index contributed by atoms with van der Waals surface area (Å²) in [6.07, 6.45) is 1.69. The first kappa shape index (κ1) is 13.5. The molecule has 0 fully saturated rings. The van der Waals surface area contributed by atoms with Crippen molar-refractivity contribution in [2.24, 2.45) is 11.5 Å². The average molecular weight is 236 g/mol. The maximum absolute atomic E-state index is 11.0. The Morgan fingerprint density at radius 2 is 2.00 bits per heavy atom. The first-order valence-electron chi connectivity index (χ1n) is 5.82. The molecule has 4 heteroatoms. The topological polar surface area (TPSA) is 78.3 Å². The summed E-state index contributed by atoms with van der Waals surface area (Å²) in [4.78, 5) is 11.0. The average Bonchev–Trinajstić information content (AvgIpc) is 2.36. The van der Waals surface area contributed by atoms with Crippen molar-refractivity contribution < 1.29 is 9.53 Å². The minimum atomic E-state index is -0.458. The summed E-state index contributed by atoms with van der Waals surface area (Å²) in [5.74, 6) is 0.165. The van der Waals surface area contributed by atoms with Crippen LogP contribution in [0.3, 0.4) is 0 Å². The zero-order valence-electron chi connectivity index (χ0n) is 10.4. The SMILES string of the molecule is CCC(N)(CC)COc1cccc(C(N)=O)c1. The first-order valence-corrected chi connectivity index (χ1v) is 5.82. The van der Waals surface area contributed by atoms with Gasteiger partial charge in [0.05, 0.1) is 0 Å². The van der Waals surface area contributed by atoms with Crippen LogP contribution in [0.25, 0.3) is 0 Å². The van der Waals surface area contributed by atoms with Crippen LogP contribution in [0.4, 0.5) is 0 Å². The highest BCUT2D eigenvalue weighted by atomic mass is 16.5. The third-order valence-corrected chi connectivity index (χ3v) is 3.05. The van der Waals surface area contributed by atoms with E-state index in [0.29, 0.717) is 17.9 Å². The summed E-state index contributed by atoms with van der Waals surface area (Å²) >= 11 is 0. The van der Waals surface area contributed by atoms with Crippen LogP contribution in [0, 0.1) is 0 Å². The summed E-state index contributed by atoms with van der Waals surface area (Å²) in [7, 11) is 0. The van der Waals surface area contributed by atoms with Gasteiger partial charge in [0.2, 0.25) is 5.91 Å². The predicted octanol–water partition coefficient (Wildman–Crippen LogP) is 1.68. The van der Waals surface area contributed by atoms with Crippen LogP contribution < -0.4 is 16.2 Å². The van der Waals surface area contributed by atoms with Crippen LogP contribution in [0.1, 0.15) is 37.0 Å². The van der Waals surface area contributed by atoms with Gasteiger partial charge in [0, 0.05) is 11.1 Å². The van der Waals surface area contributed by atoms with Crippen molar-refractivity contribution in [3.8, 4) is 5.75 Å². The molecule has 0 heterocycles. The molecule has 17 heavy (non-hydrogen) atoms. The molecule has 0 unspecified atom stereocenters. The summed E-state index contributed by atoms with van der Waals surface area (Å²) in [6, 6.07) is 6.82. The second-order valence-electron chi connectivity index (χ2n) is 4.25. The normalized spacial score (nSPS) is 11.2. The van der Waals surface area contributed by atoms with Crippen molar-refractivity contribution in [3.05, 3.63) is 29.8 Å². The molecule has 0 bridgehead atoms. The van der Waals surface area contributed by atoms with Crippen LogP contribution in [0.2, 0.25) is 0 Å². The van der Waals surface area contributed by atoms with E-state index >= 15 is 0 Å². The lowest BCUT2D eigenvalue weighted by atomic mass is 9.96. The number of hydrogen-bond donors (Lipinski definition) is 2. The summed E-state index contributed by atoms with van der Waals surface area (Å²) < 4.78 is 5.61. The molecule has 0 saturated heterocycles. The van der Waals surface area contributed by atoms with E-state index in [4.69, 9.17) is 16.2 Å². The van der Waals surface area contributed by atoms with Gasteiger partial charge in [-0.1, -0.05) is 19.9 Å². The first-order chi connectivity index (χ1) is 8.00. The zero-order chi connectivity index (χ0) is 12.9. The Morgan fingerprint density at radius 1 is 1.35 bits per heavy atom. The van der Waals surface area contributed by atoms with Gasteiger partial charge in [0.1, 0.15) is 12.4 Å². The lowest BCUT2D eigenvalue weighted by molar-refractivity contribution is 0.0999. The van der Waals surface area contributed by atoms with Crippen molar-refractivity contribution in [3.63, 3.8) is 0 Å². The molecule has 4 nitrogen and oxygen atoms in total. The van der Waals surface area contributed by atoms with Crippen molar-refractivity contribution >= 4 is 5.91 Å². The molecule has 0 spiro atoms. The highest BCUT2D eigenvalue weighted by molar-refractivity contribution is 5.93. The van der Waals surface area contributed by atoms with Crippen LogP contribution in [-0.2, 0) is 0 Å². The molecule has 4 N–H and O–H groups in total. The van der Waals surface area contributed by atoms with Gasteiger partial charge in [-0.15, -0.1) is 0 Å². The summed E-state index contributed by atoms with van der Waals surface area (Å²) in [5, 5.41) is 0. The third kappa shape index (κ3) is 3.75. The number of nitrogens with two attached hydrogens (primary N) is 2. The zero-order valence-corrected chi connectivity index (χ0v) is 10.4. The maximum atomic E-state index is 11.0. The molecule has 0 saturated carbocycles. The third-order valence-electron chi connectivity index (χ3n) is 3.05. The molecule has 0 aliphatic rings. The Morgan fingerprint density at radius 3 is 2.53 bits per heavy atom. The van der Waals surface area contributed by atoms with E-state index in [-0.39, 0.29) is 5.54 Å². The summed E-state index contributed by atoms with van der Waals surface area (Å²) in [5.41, 5.74) is 11.4. The predicted molar refractivity (Wildman–Crippen MR) is 68.0 cm³/mol. The highest BCUT2D eigenvalue weighted by Crippen LogP contribution is 2.17. The van der Waals surface area contributed by atoms with E-state index < -0.39 is 5.91 Å². The van der Waals surface area contributed by atoms with Gasteiger partial charge in [-0.25, -0.2) is 0 Å². The van der Waals surface area contributed by atoms with E-state index in [1.807, 2.05) is 13.8 Å². The number of rotatable bonds is 6. The maximum Gasteiger partial charge on any atom is 0.248 e. The van der Waals surface area contributed by atoms with Gasteiger partial charge in [-0.05, 0) is 31.0 Å². The Bertz CT molecular complexity index is 387. The number of ether oxygens (including phenoxy) is 1. The van der Waals surface area contributed by atoms with E-state index in [0.717, 1.165) is 12.8 Å². The molecule has 94 valence electrons. The minimum Gasteiger partial charge on any atom is -0.492 e. The van der Waals surface area contributed by atoms with Crippen LogP contribution in [-0.4, -0.2) is 18.1 Å². The van der Waals surface area contributed by atoms with Gasteiger partial charge < -0.3 is 16.2 Å². The van der Waals surface area contributed by atoms with Gasteiger partial charge in [0.25, 0.3) is 0 Å². The second-order valence-corrected chi connectivity index (χ2v) is 4.25. The summed E-state index contributed by atoms with van der Waals surface area (Å²) in [6.45, 7) is 4.50. The molecule has 1 aromatic rings. The lowest BCUT2D eigenvalue weighted by Crippen LogP contribution is -2.44. The van der Waals surface area contributed by atoms with Gasteiger partial charge in [0.15, 0.2) is 0 Å². The van der Waals surface area contributed by atoms with Crippen molar-refractivity contribution in [2.45, 2.75) is 32.2 Å². The van der Waals surface area contributed by atoms with Gasteiger partial charge in [-0.3, -0.25) is 4.79 Å². The monoisotopic (exact) mass is 236 g/mol. The van der Waals surface area contributed by atoms with E-state index in [2.05, 4.69) is 0 Å². The van der Waals surface area contributed by atoms with E-state index in [1.165, 1.54) is 0 Å². The van der Waals surface area contributed by atoms with E-state index in [1.54, 1.807) is 24.3 Å². The molecular formula is C13H20N2O2. The van der Waals surface area contributed by atoms with E-state index in [9.17, 15) is 4.79 Å². The Kier molecular flexibility index (Phi) is 4.52. The van der Waals surface area contributed by atoms with Crippen LogP contribution in [0.5, 0.6) is 5.75 Å². The second kappa shape index (κ2) is 5.68. The lowest BCUT2D eigenvalue weighted by Gasteiger charge is -2.26. The molecule has 0 aliphatic carbocycles. The van der Waals surface area contributed by atoms with Gasteiger partial charge >= 0.3 is 0 Å². The molecule has 0 radical (unpaired) electrons. The van der Waals surface area contributed by atoms with Crippen molar-refractivity contribution in [1.29, 1.82) is 0 Å². The van der Waals surface area contributed by atoms with Crippen molar-refractivity contribution in [1.82, 2.24) is 0 Å². The smallest absolute Gasteiger partial charge is 0.248 e. The Labute approximate surface area is 102 Å². The van der Waals surface area contributed by atoms with Crippen LogP contribution in [0.15, 0.2) is 24.3 Å². The molecule has 0 atom stereocenters. The fourth-order valence-electron chi connectivity index (χ4n) is 1.42. The highest BCUT2D eigenvalue weighted by Gasteiger charge is 2.21. The quantitative estimate of drug-likeness (QED) is 0.788. The molecule has 1 amide bonds. The molecule has 0 aromatic heterocycles. The van der Waals surface area contributed by atoms with Crippen LogP contribution >= 0.6 is 0 Å². The van der Waals surface area contributed by atoms with Crippen molar-refractivity contribution in [2.75, 3.05) is 6.61 Å². The Balaban J connectivity index is 2.69. The standard InChI is InChI=1S/C13H20N2O2/c1-3-13(15,4-2)9-17-11-7-5-6-10(8-11)12(14)16/h5-8H,3-4,9,15H2,1-2H3,(H2,14,16). The fourth-order valence-corrected chi connectivity index (χ4v) is 1.42. The van der Waals surface area contributed by atoms with Gasteiger partial charge in [-0.2, -0.15) is 0 Å².